The molecule has 0 bridgehead atoms. The van der Waals surface area contributed by atoms with Crippen molar-refractivity contribution in [3.8, 4) is 0 Å². The lowest BCUT2D eigenvalue weighted by atomic mass is 10.1. The zero-order chi connectivity index (χ0) is 17.6. The molecular weight excluding hydrogens is 336 g/mol. The second-order valence-electron chi connectivity index (χ2n) is 5.43. The predicted octanol–water partition coefficient (Wildman–Crippen LogP) is 4.69. The van der Waals surface area contributed by atoms with Crippen LogP contribution in [0.15, 0.2) is 60.9 Å². The molecule has 126 valence electrons. The predicted molar refractivity (Wildman–Crippen MR) is 101 cm³/mol. The van der Waals surface area contributed by atoms with E-state index in [4.69, 9.17) is 11.6 Å². The van der Waals surface area contributed by atoms with Crippen LogP contribution in [0.4, 0.5) is 17.3 Å². The van der Waals surface area contributed by atoms with Crippen LogP contribution in [0.25, 0.3) is 0 Å². The van der Waals surface area contributed by atoms with Gasteiger partial charge in [0.15, 0.2) is 0 Å². The topological polar surface area (TPSA) is 66.9 Å². The first-order chi connectivity index (χ1) is 12.1. The van der Waals surface area contributed by atoms with Crippen LogP contribution in [0.3, 0.4) is 0 Å². The number of nitrogens with one attached hydrogen (secondary N) is 2. The van der Waals surface area contributed by atoms with Crippen molar-refractivity contribution in [1.82, 2.24) is 9.97 Å². The highest BCUT2D eigenvalue weighted by molar-refractivity contribution is 6.30. The van der Waals surface area contributed by atoms with E-state index in [-0.39, 0.29) is 5.91 Å². The summed E-state index contributed by atoms with van der Waals surface area (Å²) in [6, 6.07) is 14.9. The van der Waals surface area contributed by atoms with Crippen molar-refractivity contribution < 1.29 is 4.79 Å². The second-order valence-corrected chi connectivity index (χ2v) is 5.87. The fourth-order valence-electron chi connectivity index (χ4n) is 2.20. The summed E-state index contributed by atoms with van der Waals surface area (Å²) in [6.45, 7) is 2.09. The largest absolute Gasteiger partial charge is 0.324 e. The van der Waals surface area contributed by atoms with Crippen molar-refractivity contribution in [2.24, 2.45) is 0 Å². The van der Waals surface area contributed by atoms with Gasteiger partial charge < -0.3 is 10.6 Å². The molecule has 3 aromatic rings. The van der Waals surface area contributed by atoms with Gasteiger partial charge in [-0.3, -0.25) is 4.79 Å². The SMILES string of the molecule is CCc1ccc(NC(=O)c2cnc(Nc3ccc(Cl)cc3)nc2)cc1. The van der Waals surface area contributed by atoms with E-state index in [1.807, 2.05) is 36.4 Å². The van der Waals surface area contributed by atoms with Crippen LogP contribution in [-0.4, -0.2) is 15.9 Å². The van der Waals surface area contributed by atoms with Crippen molar-refractivity contribution in [3.05, 3.63) is 77.1 Å². The standard InChI is InChI=1S/C19H17ClN4O/c1-2-13-3-7-16(8-4-13)23-18(25)14-11-21-19(22-12-14)24-17-9-5-15(20)6-10-17/h3-12H,2H2,1H3,(H,23,25)(H,21,22,24). The third-order valence-corrected chi connectivity index (χ3v) is 3.89. The van der Waals surface area contributed by atoms with Crippen molar-refractivity contribution in [2.45, 2.75) is 13.3 Å². The van der Waals surface area contributed by atoms with E-state index < -0.39 is 0 Å². The second kappa shape index (κ2) is 7.77. The van der Waals surface area contributed by atoms with Crippen LogP contribution >= 0.6 is 11.6 Å². The summed E-state index contributed by atoms with van der Waals surface area (Å²) in [5.74, 6) is 0.161. The summed E-state index contributed by atoms with van der Waals surface area (Å²) in [4.78, 5) is 20.6. The number of hydrogen-bond acceptors (Lipinski definition) is 4. The van der Waals surface area contributed by atoms with E-state index in [1.165, 1.54) is 18.0 Å². The van der Waals surface area contributed by atoms with Crippen LogP contribution in [0.5, 0.6) is 0 Å². The normalized spacial score (nSPS) is 10.3. The quantitative estimate of drug-likeness (QED) is 0.699. The van der Waals surface area contributed by atoms with Gasteiger partial charge in [-0.1, -0.05) is 30.7 Å². The maximum Gasteiger partial charge on any atom is 0.258 e. The fourth-order valence-corrected chi connectivity index (χ4v) is 2.33. The van der Waals surface area contributed by atoms with Gasteiger partial charge in [0, 0.05) is 28.8 Å². The Kier molecular flexibility index (Phi) is 5.26. The monoisotopic (exact) mass is 352 g/mol. The minimum atomic E-state index is -0.248. The van der Waals surface area contributed by atoms with Crippen molar-refractivity contribution >= 4 is 34.8 Å². The van der Waals surface area contributed by atoms with Gasteiger partial charge in [0.2, 0.25) is 5.95 Å². The summed E-state index contributed by atoms with van der Waals surface area (Å²) in [6.07, 6.45) is 3.94. The molecular formula is C19H17ClN4O. The minimum absolute atomic E-state index is 0.248. The molecule has 0 saturated carbocycles. The van der Waals surface area contributed by atoms with E-state index in [9.17, 15) is 4.79 Å². The molecule has 2 aromatic carbocycles. The number of anilines is 3. The third kappa shape index (κ3) is 4.55. The zero-order valence-corrected chi connectivity index (χ0v) is 14.4. The molecule has 6 heteroatoms. The van der Waals surface area contributed by atoms with Crippen LogP contribution < -0.4 is 10.6 Å². The molecule has 0 spiro atoms. The molecule has 0 aliphatic heterocycles. The number of rotatable bonds is 5. The lowest BCUT2D eigenvalue weighted by Crippen LogP contribution is -2.13. The molecule has 0 aliphatic carbocycles. The van der Waals surface area contributed by atoms with Gasteiger partial charge in [-0.05, 0) is 48.4 Å². The van der Waals surface area contributed by atoms with Gasteiger partial charge in [0.1, 0.15) is 0 Å². The van der Waals surface area contributed by atoms with Gasteiger partial charge in [-0.2, -0.15) is 0 Å². The summed E-state index contributed by atoms with van der Waals surface area (Å²) in [5.41, 5.74) is 3.17. The van der Waals surface area contributed by atoms with Crippen molar-refractivity contribution in [3.63, 3.8) is 0 Å². The number of carbonyl (C=O) groups is 1. The van der Waals surface area contributed by atoms with Gasteiger partial charge in [-0.25, -0.2) is 9.97 Å². The summed E-state index contributed by atoms with van der Waals surface area (Å²) in [7, 11) is 0. The molecule has 0 fully saturated rings. The summed E-state index contributed by atoms with van der Waals surface area (Å²) < 4.78 is 0. The van der Waals surface area contributed by atoms with E-state index in [0.29, 0.717) is 16.5 Å². The Balaban J connectivity index is 1.64. The molecule has 0 unspecified atom stereocenters. The van der Waals surface area contributed by atoms with Crippen LogP contribution in [0.1, 0.15) is 22.8 Å². The van der Waals surface area contributed by atoms with Crippen molar-refractivity contribution in [1.29, 1.82) is 0 Å². The van der Waals surface area contributed by atoms with Crippen molar-refractivity contribution in [2.75, 3.05) is 10.6 Å². The number of hydrogen-bond donors (Lipinski definition) is 2. The highest BCUT2D eigenvalue weighted by atomic mass is 35.5. The molecule has 1 aromatic heterocycles. The highest BCUT2D eigenvalue weighted by Crippen LogP contribution is 2.17. The maximum atomic E-state index is 12.2. The molecule has 3 rings (SSSR count). The number of amides is 1. The summed E-state index contributed by atoms with van der Waals surface area (Å²) in [5, 5.41) is 6.54. The van der Waals surface area contributed by atoms with E-state index in [0.717, 1.165) is 17.8 Å². The molecule has 0 atom stereocenters. The Bertz CT molecular complexity index is 846. The molecule has 0 saturated heterocycles. The first kappa shape index (κ1) is 16.9. The smallest absolute Gasteiger partial charge is 0.258 e. The Morgan fingerprint density at radius 1 is 0.960 bits per heavy atom. The van der Waals surface area contributed by atoms with Gasteiger partial charge >= 0.3 is 0 Å². The van der Waals surface area contributed by atoms with Crippen LogP contribution in [0.2, 0.25) is 5.02 Å². The first-order valence-electron chi connectivity index (χ1n) is 7.89. The number of carbonyl (C=O) groups excluding carboxylic acids is 1. The first-order valence-corrected chi connectivity index (χ1v) is 8.27. The summed E-state index contributed by atoms with van der Waals surface area (Å²) >= 11 is 5.85. The maximum absolute atomic E-state index is 12.2. The molecule has 0 radical (unpaired) electrons. The lowest BCUT2D eigenvalue weighted by molar-refractivity contribution is 0.102. The number of aromatic nitrogens is 2. The number of aryl methyl sites for hydroxylation is 1. The van der Waals surface area contributed by atoms with E-state index >= 15 is 0 Å². The minimum Gasteiger partial charge on any atom is -0.324 e. The van der Waals surface area contributed by atoms with Gasteiger partial charge in [-0.15, -0.1) is 0 Å². The number of benzene rings is 2. The fraction of sp³-hybridized carbons (Fsp3) is 0.105. The molecule has 2 N–H and O–H groups in total. The number of halogens is 1. The Morgan fingerprint density at radius 2 is 1.56 bits per heavy atom. The van der Waals surface area contributed by atoms with Crippen LogP contribution in [-0.2, 0) is 6.42 Å². The lowest BCUT2D eigenvalue weighted by Gasteiger charge is -2.07. The highest BCUT2D eigenvalue weighted by Gasteiger charge is 2.08. The Hall–Kier alpha value is -2.92. The van der Waals surface area contributed by atoms with Gasteiger partial charge in [0.25, 0.3) is 5.91 Å². The third-order valence-electron chi connectivity index (χ3n) is 3.63. The average Bonchev–Trinajstić information content (AvgIpc) is 2.65. The van der Waals surface area contributed by atoms with Gasteiger partial charge in [0.05, 0.1) is 5.56 Å². The zero-order valence-electron chi connectivity index (χ0n) is 13.7. The molecule has 1 heterocycles. The molecule has 25 heavy (non-hydrogen) atoms. The molecule has 1 amide bonds. The van der Waals surface area contributed by atoms with E-state index in [2.05, 4.69) is 27.5 Å². The van der Waals surface area contributed by atoms with E-state index in [1.54, 1.807) is 12.1 Å². The average molecular weight is 353 g/mol. The number of nitrogens with zero attached hydrogens (tertiary/aromatic N) is 2. The van der Waals surface area contributed by atoms with Crippen LogP contribution in [0, 0.1) is 0 Å². The molecule has 0 aliphatic rings. The molecule has 5 nitrogen and oxygen atoms in total. The Labute approximate surface area is 151 Å². The Morgan fingerprint density at radius 3 is 2.16 bits per heavy atom.